The monoisotopic (exact) mass is 261 g/mol. The Hall–Kier alpha value is -2.05. The van der Waals surface area contributed by atoms with Crippen molar-refractivity contribution in [2.24, 2.45) is 0 Å². The molecule has 0 radical (unpaired) electrons. The van der Waals surface area contributed by atoms with Gasteiger partial charge in [-0.25, -0.2) is 13.2 Å². The summed E-state index contributed by atoms with van der Waals surface area (Å²) in [6.07, 6.45) is -0.420. The van der Waals surface area contributed by atoms with Gasteiger partial charge in [-0.3, -0.25) is 9.59 Å². The Balaban J connectivity index is 2.89. The van der Waals surface area contributed by atoms with Gasteiger partial charge in [0.05, 0.1) is 6.42 Å². The molecule has 0 saturated carbocycles. The second kappa shape index (κ2) is 6.04. The number of hydrogen-bond donors (Lipinski definition) is 2. The number of carbonyl (C=O) groups is 2. The van der Waals surface area contributed by atoms with Crippen molar-refractivity contribution in [2.45, 2.75) is 18.9 Å². The Bertz CT molecular complexity index is 465. The van der Waals surface area contributed by atoms with E-state index in [2.05, 4.69) is 5.32 Å². The fourth-order valence-electron chi connectivity index (χ4n) is 1.48. The van der Waals surface area contributed by atoms with Gasteiger partial charge in [-0.2, -0.15) is 0 Å². The number of aliphatic carboxylic acids is 1. The number of carbonyl (C=O) groups excluding carboxylic acids is 1. The topological polar surface area (TPSA) is 66.4 Å². The van der Waals surface area contributed by atoms with Gasteiger partial charge in [0.15, 0.2) is 11.6 Å². The molecular formula is C11H10F3NO3. The third-order valence-electron chi connectivity index (χ3n) is 2.28. The molecule has 1 rings (SSSR count). The van der Waals surface area contributed by atoms with E-state index in [1.807, 2.05) is 0 Å². The second-order valence-electron chi connectivity index (χ2n) is 3.64. The fraction of sp³-hybridized carbons (Fsp3) is 0.273. The van der Waals surface area contributed by atoms with E-state index < -0.39 is 35.9 Å². The zero-order valence-electron chi connectivity index (χ0n) is 9.12. The van der Waals surface area contributed by atoms with Gasteiger partial charge in [0.1, 0.15) is 5.82 Å². The Morgan fingerprint density at radius 3 is 2.44 bits per heavy atom. The van der Waals surface area contributed by atoms with Crippen LogP contribution in [0.3, 0.4) is 0 Å². The van der Waals surface area contributed by atoms with Crippen LogP contribution in [0.15, 0.2) is 12.1 Å². The molecule has 0 bridgehead atoms. The first-order valence-corrected chi connectivity index (χ1v) is 4.99. The van der Waals surface area contributed by atoms with Gasteiger partial charge in [0.2, 0.25) is 6.41 Å². The summed E-state index contributed by atoms with van der Waals surface area (Å²) in [5.74, 6) is -4.74. The highest BCUT2D eigenvalue weighted by molar-refractivity contribution is 5.68. The van der Waals surface area contributed by atoms with Crippen molar-refractivity contribution in [2.75, 3.05) is 0 Å². The van der Waals surface area contributed by atoms with Gasteiger partial charge in [-0.05, 0) is 18.1 Å². The average molecular weight is 261 g/mol. The first kappa shape index (κ1) is 14.0. The molecule has 0 spiro atoms. The highest BCUT2D eigenvalue weighted by Crippen LogP contribution is 2.16. The van der Waals surface area contributed by atoms with Gasteiger partial charge in [0, 0.05) is 12.1 Å². The molecule has 0 aromatic heterocycles. The lowest BCUT2D eigenvalue weighted by atomic mass is 10.0. The average Bonchev–Trinajstić information content (AvgIpc) is 2.25. The number of carboxylic acid groups (broad SMARTS) is 1. The quantitative estimate of drug-likeness (QED) is 0.598. The number of carboxylic acids is 1. The molecule has 0 aliphatic heterocycles. The summed E-state index contributed by atoms with van der Waals surface area (Å²) >= 11 is 0. The molecule has 2 N–H and O–H groups in total. The first-order chi connectivity index (χ1) is 8.43. The zero-order chi connectivity index (χ0) is 13.7. The Kier molecular flexibility index (Phi) is 4.70. The molecule has 1 unspecified atom stereocenters. The maximum absolute atomic E-state index is 13.3. The van der Waals surface area contributed by atoms with Crippen molar-refractivity contribution in [1.82, 2.24) is 5.32 Å². The van der Waals surface area contributed by atoms with E-state index in [0.29, 0.717) is 12.1 Å². The molecule has 1 atom stereocenters. The molecule has 4 nitrogen and oxygen atoms in total. The van der Waals surface area contributed by atoms with E-state index >= 15 is 0 Å². The third-order valence-corrected chi connectivity index (χ3v) is 2.28. The Labute approximate surface area is 100 Å². The first-order valence-electron chi connectivity index (χ1n) is 4.99. The number of amides is 1. The van der Waals surface area contributed by atoms with Gasteiger partial charge < -0.3 is 10.4 Å². The van der Waals surface area contributed by atoms with Crippen molar-refractivity contribution in [3.05, 3.63) is 35.1 Å². The number of hydrogen-bond acceptors (Lipinski definition) is 2. The predicted molar refractivity (Wildman–Crippen MR) is 55.3 cm³/mol. The molecule has 98 valence electrons. The molecule has 0 fully saturated rings. The van der Waals surface area contributed by atoms with Crippen LogP contribution in [-0.2, 0) is 16.0 Å². The maximum Gasteiger partial charge on any atom is 0.305 e. The minimum atomic E-state index is -1.32. The van der Waals surface area contributed by atoms with Crippen LogP contribution >= 0.6 is 0 Å². The minimum absolute atomic E-state index is 0.200. The lowest BCUT2D eigenvalue weighted by molar-refractivity contribution is -0.137. The van der Waals surface area contributed by atoms with E-state index in [9.17, 15) is 22.8 Å². The lowest BCUT2D eigenvalue weighted by Gasteiger charge is -2.14. The van der Waals surface area contributed by atoms with Crippen molar-refractivity contribution < 1.29 is 27.9 Å². The van der Waals surface area contributed by atoms with E-state index in [1.165, 1.54) is 0 Å². The van der Waals surface area contributed by atoms with Gasteiger partial charge in [-0.15, -0.1) is 0 Å². The van der Waals surface area contributed by atoms with Crippen LogP contribution in [0.5, 0.6) is 0 Å². The Morgan fingerprint density at radius 2 is 1.89 bits per heavy atom. The molecule has 7 heteroatoms. The summed E-state index contributed by atoms with van der Waals surface area (Å²) in [7, 11) is 0. The molecule has 0 heterocycles. The van der Waals surface area contributed by atoms with E-state index in [1.54, 1.807) is 0 Å². The summed E-state index contributed by atoms with van der Waals surface area (Å²) in [5, 5.41) is 10.8. The van der Waals surface area contributed by atoms with Crippen LogP contribution < -0.4 is 5.32 Å². The van der Waals surface area contributed by atoms with Crippen LogP contribution in [0.25, 0.3) is 0 Å². The van der Waals surface area contributed by atoms with E-state index in [-0.39, 0.29) is 18.4 Å². The Morgan fingerprint density at radius 1 is 1.28 bits per heavy atom. The number of benzene rings is 1. The van der Waals surface area contributed by atoms with Crippen LogP contribution in [0.1, 0.15) is 12.0 Å². The molecule has 0 saturated heterocycles. The summed E-state index contributed by atoms with van der Waals surface area (Å²) in [5.41, 5.74) is -0.200. The van der Waals surface area contributed by atoms with Crippen LogP contribution in [0, 0.1) is 17.5 Å². The molecule has 1 aromatic rings. The molecular weight excluding hydrogens is 251 g/mol. The molecule has 1 aromatic carbocycles. The summed E-state index contributed by atoms with van der Waals surface area (Å²) in [4.78, 5) is 20.8. The smallest absolute Gasteiger partial charge is 0.305 e. The number of rotatable bonds is 6. The fourth-order valence-corrected chi connectivity index (χ4v) is 1.48. The second-order valence-corrected chi connectivity index (χ2v) is 3.64. The number of nitrogens with one attached hydrogen (secondary N) is 1. The minimum Gasteiger partial charge on any atom is -0.481 e. The maximum atomic E-state index is 13.3. The van der Waals surface area contributed by atoms with Gasteiger partial charge >= 0.3 is 5.97 Å². The van der Waals surface area contributed by atoms with E-state index in [0.717, 1.165) is 0 Å². The molecule has 1 amide bonds. The summed E-state index contributed by atoms with van der Waals surface area (Å²) in [6.45, 7) is 0. The van der Waals surface area contributed by atoms with Crippen LogP contribution in [-0.4, -0.2) is 23.5 Å². The summed E-state index contributed by atoms with van der Waals surface area (Å²) < 4.78 is 38.9. The lowest BCUT2D eigenvalue weighted by Crippen LogP contribution is -2.32. The van der Waals surface area contributed by atoms with Crippen molar-refractivity contribution in [1.29, 1.82) is 0 Å². The largest absolute Gasteiger partial charge is 0.481 e. The van der Waals surface area contributed by atoms with Crippen LogP contribution in [0.4, 0.5) is 13.2 Å². The standard InChI is InChI=1S/C11H10F3NO3/c12-8-4-10(14)9(13)2-6(8)1-7(15-5-16)3-11(17)18/h2,4-5,7H,1,3H2,(H,15,16)(H,17,18). The van der Waals surface area contributed by atoms with Crippen molar-refractivity contribution in [3.63, 3.8) is 0 Å². The zero-order valence-corrected chi connectivity index (χ0v) is 9.12. The predicted octanol–water partition coefficient (Wildman–Crippen LogP) is 1.24. The SMILES string of the molecule is O=CNC(CC(=O)O)Cc1cc(F)c(F)cc1F. The normalized spacial score (nSPS) is 11.9. The number of halogens is 3. The third kappa shape index (κ3) is 3.76. The molecule has 18 heavy (non-hydrogen) atoms. The molecule has 0 aliphatic carbocycles. The van der Waals surface area contributed by atoms with Gasteiger partial charge in [0.25, 0.3) is 0 Å². The highest BCUT2D eigenvalue weighted by Gasteiger charge is 2.17. The van der Waals surface area contributed by atoms with Crippen molar-refractivity contribution >= 4 is 12.4 Å². The van der Waals surface area contributed by atoms with Crippen LogP contribution in [0.2, 0.25) is 0 Å². The van der Waals surface area contributed by atoms with Crippen molar-refractivity contribution in [3.8, 4) is 0 Å². The van der Waals surface area contributed by atoms with Gasteiger partial charge in [-0.1, -0.05) is 0 Å². The molecule has 0 aliphatic rings. The highest BCUT2D eigenvalue weighted by atomic mass is 19.2. The summed E-state index contributed by atoms with van der Waals surface area (Å²) in [6, 6.07) is 0.134. The van der Waals surface area contributed by atoms with E-state index in [4.69, 9.17) is 5.11 Å².